The largest absolute Gasteiger partial charge is 0.480 e. The van der Waals surface area contributed by atoms with Crippen LogP contribution < -0.4 is 5.32 Å². The molecule has 0 saturated heterocycles. The van der Waals surface area contributed by atoms with Crippen LogP contribution in [0.25, 0.3) is 0 Å². The summed E-state index contributed by atoms with van der Waals surface area (Å²) >= 11 is 0. The zero-order valence-electron chi connectivity index (χ0n) is 9.02. The highest BCUT2D eigenvalue weighted by atomic mass is 16.4. The third-order valence-corrected chi connectivity index (χ3v) is 2.23. The van der Waals surface area contributed by atoms with Crippen molar-refractivity contribution in [2.24, 2.45) is 0 Å². The van der Waals surface area contributed by atoms with E-state index in [1.165, 1.54) is 0 Å². The first-order valence-electron chi connectivity index (χ1n) is 5.20. The number of benzene rings is 1. The maximum absolute atomic E-state index is 11.1. The first-order valence-corrected chi connectivity index (χ1v) is 5.20. The van der Waals surface area contributed by atoms with Crippen LogP contribution in [0, 0.1) is 12.3 Å². The number of carboxylic acids is 1. The van der Waals surface area contributed by atoms with Crippen molar-refractivity contribution >= 4 is 5.97 Å². The summed E-state index contributed by atoms with van der Waals surface area (Å²) in [6.07, 6.45) is 6.57. The van der Waals surface area contributed by atoms with Crippen molar-refractivity contribution in [2.75, 3.05) is 6.54 Å². The van der Waals surface area contributed by atoms with Gasteiger partial charge in [0.25, 0.3) is 0 Å². The van der Waals surface area contributed by atoms with Crippen LogP contribution in [-0.4, -0.2) is 17.6 Å². The van der Waals surface area contributed by atoms with E-state index in [1.54, 1.807) is 12.1 Å². The van der Waals surface area contributed by atoms with Crippen LogP contribution in [0.15, 0.2) is 30.3 Å². The van der Waals surface area contributed by atoms with Gasteiger partial charge < -0.3 is 10.4 Å². The normalized spacial score (nSPS) is 11.7. The summed E-state index contributed by atoms with van der Waals surface area (Å²) < 4.78 is 0. The lowest BCUT2D eigenvalue weighted by molar-refractivity contribution is -0.139. The zero-order chi connectivity index (χ0) is 11.8. The van der Waals surface area contributed by atoms with Crippen LogP contribution in [-0.2, 0) is 4.79 Å². The van der Waals surface area contributed by atoms with Gasteiger partial charge in [-0.25, -0.2) is 0 Å². The Hall–Kier alpha value is -1.79. The molecule has 1 aromatic rings. The molecular formula is C13H15NO2. The van der Waals surface area contributed by atoms with Crippen LogP contribution in [0.4, 0.5) is 0 Å². The smallest absolute Gasteiger partial charge is 0.325 e. The Morgan fingerprint density at radius 2 is 2.12 bits per heavy atom. The van der Waals surface area contributed by atoms with Crippen molar-refractivity contribution in [1.82, 2.24) is 5.32 Å². The minimum Gasteiger partial charge on any atom is -0.480 e. The van der Waals surface area contributed by atoms with E-state index in [2.05, 4.69) is 11.2 Å². The minimum absolute atomic E-state index is 0.607. The molecule has 0 aliphatic heterocycles. The summed E-state index contributed by atoms with van der Waals surface area (Å²) in [7, 11) is 0. The van der Waals surface area contributed by atoms with E-state index in [4.69, 9.17) is 11.5 Å². The maximum atomic E-state index is 11.1. The van der Waals surface area contributed by atoms with Crippen molar-refractivity contribution in [1.29, 1.82) is 0 Å². The van der Waals surface area contributed by atoms with E-state index in [9.17, 15) is 4.79 Å². The fourth-order valence-electron chi connectivity index (χ4n) is 1.43. The van der Waals surface area contributed by atoms with Crippen LogP contribution in [0.2, 0.25) is 0 Å². The molecule has 16 heavy (non-hydrogen) atoms. The standard InChI is InChI=1S/C13H15NO2/c1-2-3-7-10-14-12(13(15)16)11-8-5-4-6-9-11/h1,4-6,8-9,12,14H,3,7,10H2,(H,15,16). The van der Waals surface area contributed by atoms with Gasteiger partial charge in [0.15, 0.2) is 0 Å². The summed E-state index contributed by atoms with van der Waals surface area (Å²) in [6, 6.07) is 8.46. The SMILES string of the molecule is C#CCCCNC(C(=O)O)c1ccccc1. The van der Waals surface area contributed by atoms with E-state index in [1.807, 2.05) is 18.2 Å². The minimum atomic E-state index is -0.869. The van der Waals surface area contributed by atoms with Gasteiger partial charge >= 0.3 is 5.97 Å². The number of terminal acetylenes is 1. The second-order valence-corrected chi connectivity index (χ2v) is 3.44. The molecule has 0 amide bonds. The first-order chi connectivity index (χ1) is 7.75. The van der Waals surface area contributed by atoms with E-state index in [0.717, 1.165) is 12.0 Å². The highest BCUT2D eigenvalue weighted by molar-refractivity contribution is 5.75. The quantitative estimate of drug-likeness (QED) is 0.564. The van der Waals surface area contributed by atoms with Gasteiger partial charge in [-0.15, -0.1) is 12.3 Å². The van der Waals surface area contributed by atoms with E-state index >= 15 is 0 Å². The molecule has 84 valence electrons. The summed E-state index contributed by atoms with van der Waals surface area (Å²) in [6.45, 7) is 0.607. The van der Waals surface area contributed by atoms with Gasteiger partial charge in [-0.2, -0.15) is 0 Å². The lowest BCUT2D eigenvalue weighted by Gasteiger charge is -2.14. The summed E-state index contributed by atoms with van der Waals surface area (Å²) in [5, 5.41) is 12.1. The van der Waals surface area contributed by atoms with Gasteiger partial charge in [0, 0.05) is 6.42 Å². The van der Waals surface area contributed by atoms with Crippen molar-refractivity contribution < 1.29 is 9.90 Å². The predicted molar refractivity (Wildman–Crippen MR) is 62.9 cm³/mol. The molecule has 1 rings (SSSR count). The van der Waals surface area contributed by atoms with Gasteiger partial charge in [0.2, 0.25) is 0 Å². The Morgan fingerprint density at radius 1 is 1.44 bits per heavy atom. The van der Waals surface area contributed by atoms with Crippen molar-refractivity contribution in [2.45, 2.75) is 18.9 Å². The van der Waals surface area contributed by atoms with Crippen LogP contribution in [0.3, 0.4) is 0 Å². The van der Waals surface area contributed by atoms with Crippen molar-refractivity contribution in [3.63, 3.8) is 0 Å². The number of carboxylic acid groups (broad SMARTS) is 1. The van der Waals surface area contributed by atoms with Gasteiger partial charge in [-0.05, 0) is 18.5 Å². The third kappa shape index (κ3) is 3.76. The molecule has 0 spiro atoms. The predicted octanol–water partition coefficient (Wildman–Crippen LogP) is 1.82. The molecule has 0 saturated carbocycles. The first kappa shape index (κ1) is 12.3. The number of aliphatic carboxylic acids is 1. The molecule has 0 radical (unpaired) electrons. The molecule has 2 N–H and O–H groups in total. The molecule has 3 heteroatoms. The Kier molecular flexibility index (Phi) is 5.10. The Balaban J connectivity index is 2.56. The van der Waals surface area contributed by atoms with E-state index in [0.29, 0.717) is 13.0 Å². The lowest BCUT2D eigenvalue weighted by Crippen LogP contribution is -2.29. The molecule has 3 nitrogen and oxygen atoms in total. The van der Waals surface area contributed by atoms with E-state index in [-0.39, 0.29) is 0 Å². The number of carbonyl (C=O) groups is 1. The Labute approximate surface area is 95.5 Å². The monoisotopic (exact) mass is 217 g/mol. The molecular weight excluding hydrogens is 202 g/mol. The van der Waals surface area contributed by atoms with Gasteiger partial charge in [-0.1, -0.05) is 30.3 Å². The highest BCUT2D eigenvalue weighted by Gasteiger charge is 2.17. The average Bonchev–Trinajstić information content (AvgIpc) is 2.30. The molecule has 1 atom stereocenters. The Morgan fingerprint density at radius 3 is 2.69 bits per heavy atom. The molecule has 0 aliphatic rings. The molecule has 0 bridgehead atoms. The molecule has 0 heterocycles. The highest BCUT2D eigenvalue weighted by Crippen LogP contribution is 2.12. The number of rotatable bonds is 6. The second kappa shape index (κ2) is 6.65. The third-order valence-electron chi connectivity index (χ3n) is 2.23. The fraction of sp³-hybridized carbons (Fsp3) is 0.308. The lowest BCUT2D eigenvalue weighted by atomic mass is 10.1. The number of hydrogen-bond acceptors (Lipinski definition) is 2. The summed E-state index contributed by atoms with van der Waals surface area (Å²) in [5.41, 5.74) is 0.760. The van der Waals surface area contributed by atoms with E-state index < -0.39 is 12.0 Å². The molecule has 1 aromatic carbocycles. The van der Waals surface area contributed by atoms with Crippen LogP contribution in [0.5, 0.6) is 0 Å². The number of hydrogen-bond donors (Lipinski definition) is 2. The number of unbranched alkanes of at least 4 members (excludes halogenated alkanes) is 1. The topological polar surface area (TPSA) is 49.3 Å². The second-order valence-electron chi connectivity index (χ2n) is 3.44. The zero-order valence-corrected chi connectivity index (χ0v) is 9.02. The Bertz CT molecular complexity index is 367. The summed E-state index contributed by atoms with van der Waals surface area (Å²) in [4.78, 5) is 11.1. The van der Waals surface area contributed by atoms with Gasteiger partial charge in [0.05, 0.1) is 0 Å². The van der Waals surface area contributed by atoms with Crippen LogP contribution in [0.1, 0.15) is 24.4 Å². The molecule has 0 aromatic heterocycles. The summed E-state index contributed by atoms with van der Waals surface area (Å²) in [5.74, 6) is 1.65. The molecule has 0 fully saturated rings. The van der Waals surface area contributed by atoms with Gasteiger partial charge in [0.1, 0.15) is 6.04 Å². The van der Waals surface area contributed by atoms with Crippen molar-refractivity contribution in [3.05, 3.63) is 35.9 Å². The molecule has 0 aliphatic carbocycles. The van der Waals surface area contributed by atoms with Crippen LogP contribution >= 0.6 is 0 Å². The number of nitrogens with one attached hydrogen (secondary N) is 1. The van der Waals surface area contributed by atoms with Crippen molar-refractivity contribution in [3.8, 4) is 12.3 Å². The maximum Gasteiger partial charge on any atom is 0.325 e. The molecule has 1 unspecified atom stereocenters. The fourth-order valence-corrected chi connectivity index (χ4v) is 1.43. The average molecular weight is 217 g/mol. The van der Waals surface area contributed by atoms with Gasteiger partial charge in [-0.3, -0.25) is 4.79 Å².